The van der Waals surface area contributed by atoms with Gasteiger partial charge in [-0.05, 0) is 25.0 Å². The second-order valence-electron chi connectivity index (χ2n) is 5.89. The van der Waals surface area contributed by atoms with Gasteiger partial charge in [-0.3, -0.25) is 4.79 Å². The molecule has 1 N–H and O–H groups in total. The van der Waals surface area contributed by atoms with Gasteiger partial charge in [-0.2, -0.15) is 0 Å². The Morgan fingerprint density at radius 1 is 1.25 bits per heavy atom. The third-order valence-electron chi connectivity index (χ3n) is 3.88. The Hall–Kier alpha value is -2.22. The van der Waals surface area contributed by atoms with Crippen LogP contribution in [0.25, 0.3) is 11.5 Å². The van der Waals surface area contributed by atoms with Gasteiger partial charge in [-0.15, -0.1) is 10.2 Å². The fourth-order valence-electron chi connectivity index (χ4n) is 2.66. The Morgan fingerprint density at radius 2 is 2.04 bits per heavy atom. The molecule has 0 radical (unpaired) electrons. The summed E-state index contributed by atoms with van der Waals surface area (Å²) < 4.78 is 28.3. The molecule has 0 bridgehead atoms. The second kappa shape index (κ2) is 7.12. The molecule has 1 aromatic carbocycles. The summed E-state index contributed by atoms with van der Waals surface area (Å²) >= 11 is 0. The molecule has 2 aromatic rings. The van der Waals surface area contributed by atoms with Gasteiger partial charge in [0.1, 0.15) is 0 Å². The Morgan fingerprint density at radius 3 is 2.75 bits per heavy atom. The van der Waals surface area contributed by atoms with Crippen molar-refractivity contribution in [2.75, 3.05) is 11.5 Å². The van der Waals surface area contributed by atoms with Crippen LogP contribution in [-0.4, -0.2) is 42.1 Å². The van der Waals surface area contributed by atoms with Gasteiger partial charge in [0.05, 0.1) is 11.5 Å². The standard InChI is InChI=1S/C16H19N3O4S/c20-14(17-13-9-10-24(21,22)11-13)7-4-8-15-18-19-16(23-15)12-5-2-1-3-6-12/h1-3,5-6,13H,4,7-11H2,(H,17,20)/t13-/m0/s1. The van der Waals surface area contributed by atoms with E-state index in [9.17, 15) is 13.2 Å². The summed E-state index contributed by atoms with van der Waals surface area (Å²) in [5.41, 5.74) is 0.858. The number of hydrogen-bond donors (Lipinski definition) is 1. The molecule has 0 spiro atoms. The van der Waals surface area contributed by atoms with Crippen LogP contribution >= 0.6 is 0 Å². The van der Waals surface area contributed by atoms with E-state index >= 15 is 0 Å². The maximum Gasteiger partial charge on any atom is 0.247 e. The maximum atomic E-state index is 11.9. The molecule has 1 fully saturated rings. The van der Waals surface area contributed by atoms with Crippen molar-refractivity contribution in [3.63, 3.8) is 0 Å². The molecule has 2 heterocycles. The van der Waals surface area contributed by atoms with Gasteiger partial charge < -0.3 is 9.73 Å². The number of nitrogens with zero attached hydrogens (tertiary/aromatic N) is 2. The van der Waals surface area contributed by atoms with Crippen molar-refractivity contribution in [3.8, 4) is 11.5 Å². The summed E-state index contributed by atoms with van der Waals surface area (Å²) in [5, 5.41) is 10.8. The van der Waals surface area contributed by atoms with E-state index in [1.807, 2.05) is 30.3 Å². The number of benzene rings is 1. The molecule has 0 saturated carbocycles. The lowest BCUT2D eigenvalue weighted by atomic mass is 10.2. The van der Waals surface area contributed by atoms with Crippen LogP contribution in [0.1, 0.15) is 25.2 Å². The van der Waals surface area contributed by atoms with Gasteiger partial charge in [0.25, 0.3) is 0 Å². The van der Waals surface area contributed by atoms with E-state index < -0.39 is 9.84 Å². The van der Waals surface area contributed by atoms with E-state index in [0.29, 0.717) is 37.5 Å². The minimum Gasteiger partial charge on any atom is -0.421 e. The molecule has 1 aliphatic rings. The predicted molar refractivity (Wildman–Crippen MR) is 87.9 cm³/mol. The smallest absolute Gasteiger partial charge is 0.247 e. The summed E-state index contributed by atoms with van der Waals surface area (Å²) in [6, 6.07) is 9.23. The lowest BCUT2D eigenvalue weighted by Gasteiger charge is -2.10. The van der Waals surface area contributed by atoms with Gasteiger partial charge in [-0.25, -0.2) is 8.42 Å². The number of carbonyl (C=O) groups is 1. The first kappa shape index (κ1) is 16.6. The second-order valence-corrected chi connectivity index (χ2v) is 8.12. The van der Waals surface area contributed by atoms with E-state index in [1.165, 1.54) is 0 Å². The SMILES string of the molecule is O=C(CCCc1nnc(-c2ccccc2)o1)N[C@H]1CCS(=O)(=O)C1. The molecule has 0 unspecified atom stereocenters. The minimum absolute atomic E-state index is 0.0445. The molecule has 128 valence electrons. The average molecular weight is 349 g/mol. The molecule has 1 amide bonds. The zero-order chi connectivity index (χ0) is 17.0. The van der Waals surface area contributed by atoms with Crippen LogP contribution in [0.15, 0.2) is 34.7 Å². The Bertz CT molecular complexity index is 802. The third-order valence-corrected chi connectivity index (χ3v) is 5.65. The first-order valence-corrected chi connectivity index (χ1v) is 9.71. The number of hydrogen-bond acceptors (Lipinski definition) is 6. The zero-order valence-corrected chi connectivity index (χ0v) is 14.0. The number of carbonyl (C=O) groups excluding carboxylic acids is 1. The van der Waals surface area contributed by atoms with Crippen LogP contribution in [0.2, 0.25) is 0 Å². The highest BCUT2D eigenvalue weighted by Gasteiger charge is 2.28. The molecule has 1 aromatic heterocycles. The molecule has 7 nitrogen and oxygen atoms in total. The van der Waals surface area contributed by atoms with Crippen molar-refractivity contribution in [3.05, 3.63) is 36.2 Å². The topological polar surface area (TPSA) is 102 Å². The number of aromatic nitrogens is 2. The van der Waals surface area contributed by atoms with E-state index in [4.69, 9.17) is 4.42 Å². The number of amides is 1. The van der Waals surface area contributed by atoms with Crippen molar-refractivity contribution in [2.45, 2.75) is 31.7 Å². The summed E-state index contributed by atoms with van der Waals surface area (Å²) in [7, 11) is -2.98. The fraction of sp³-hybridized carbons (Fsp3) is 0.438. The lowest BCUT2D eigenvalue weighted by molar-refractivity contribution is -0.121. The van der Waals surface area contributed by atoms with E-state index in [-0.39, 0.29) is 23.5 Å². The highest BCUT2D eigenvalue weighted by Crippen LogP contribution is 2.17. The van der Waals surface area contributed by atoms with Crippen LogP contribution in [0, 0.1) is 0 Å². The molecule has 0 aliphatic carbocycles. The maximum absolute atomic E-state index is 11.9. The molecule has 1 saturated heterocycles. The van der Waals surface area contributed by atoms with Crippen LogP contribution in [0.5, 0.6) is 0 Å². The summed E-state index contributed by atoms with van der Waals surface area (Å²) in [5.74, 6) is 1.02. The number of rotatable bonds is 6. The molecule has 1 atom stereocenters. The van der Waals surface area contributed by atoms with Crippen LogP contribution < -0.4 is 5.32 Å². The van der Waals surface area contributed by atoms with Crippen molar-refractivity contribution in [1.29, 1.82) is 0 Å². The molecule has 1 aliphatic heterocycles. The quantitative estimate of drug-likeness (QED) is 0.845. The Labute approximate surface area is 140 Å². The molecular weight excluding hydrogens is 330 g/mol. The van der Waals surface area contributed by atoms with Crippen LogP contribution in [-0.2, 0) is 21.1 Å². The molecule has 8 heteroatoms. The van der Waals surface area contributed by atoms with Crippen LogP contribution in [0.4, 0.5) is 0 Å². The van der Waals surface area contributed by atoms with Crippen molar-refractivity contribution >= 4 is 15.7 Å². The first-order chi connectivity index (χ1) is 11.5. The van der Waals surface area contributed by atoms with Gasteiger partial charge in [0.15, 0.2) is 9.84 Å². The molecule has 3 rings (SSSR count). The summed E-state index contributed by atoms with van der Waals surface area (Å²) in [6.45, 7) is 0. The van der Waals surface area contributed by atoms with Crippen molar-refractivity contribution in [1.82, 2.24) is 15.5 Å². The summed E-state index contributed by atoms with van der Waals surface area (Å²) in [6.07, 6.45) is 1.88. The normalized spacial score (nSPS) is 19.2. The monoisotopic (exact) mass is 349 g/mol. The van der Waals surface area contributed by atoms with Gasteiger partial charge in [0.2, 0.25) is 17.7 Å². The predicted octanol–water partition coefficient (Wildman–Crippen LogP) is 1.36. The first-order valence-electron chi connectivity index (χ1n) is 7.89. The summed E-state index contributed by atoms with van der Waals surface area (Å²) in [4.78, 5) is 11.9. The van der Waals surface area contributed by atoms with Gasteiger partial charge in [0, 0.05) is 24.4 Å². The van der Waals surface area contributed by atoms with Gasteiger partial charge >= 0.3 is 0 Å². The lowest BCUT2D eigenvalue weighted by Crippen LogP contribution is -2.35. The number of nitrogens with one attached hydrogen (secondary N) is 1. The largest absolute Gasteiger partial charge is 0.421 e. The van der Waals surface area contributed by atoms with E-state index in [0.717, 1.165) is 5.56 Å². The van der Waals surface area contributed by atoms with Crippen molar-refractivity contribution < 1.29 is 17.6 Å². The Kier molecular flexibility index (Phi) is 4.94. The fourth-order valence-corrected chi connectivity index (χ4v) is 4.33. The van der Waals surface area contributed by atoms with E-state index in [1.54, 1.807) is 0 Å². The Balaban J connectivity index is 1.44. The zero-order valence-electron chi connectivity index (χ0n) is 13.1. The average Bonchev–Trinajstić information content (AvgIpc) is 3.15. The van der Waals surface area contributed by atoms with Crippen LogP contribution in [0.3, 0.4) is 0 Å². The molecule has 24 heavy (non-hydrogen) atoms. The minimum atomic E-state index is -2.98. The highest BCUT2D eigenvalue weighted by atomic mass is 32.2. The van der Waals surface area contributed by atoms with Gasteiger partial charge in [-0.1, -0.05) is 18.2 Å². The number of sulfone groups is 1. The molecular formula is C16H19N3O4S. The number of aryl methyl sites for hydroxylation is 1. The van der Waals surface area contributed by atoms with Crippen molar-refractivity contribution in [2.24, 2.45) is 0 Å². The van der Waals surface area contributed by atoms with E-state index in [2.05, 4.69) is 15.5 Å². The highest BCUT2D eigenvalue weighted by molar-refractivity contribution is 7.91. The third kappa shape index (κ3) is 4.41.